The molecule has 0 bridgehead atoms. The summed E-state index contributed by atoms with van der Waals surface area (Å²) in [5.41, 5.74) is 4.00. The Bertz CT molecular complexity index is 1000. The van der Waals surface area contributed by atoms with E-state index in [2.05, 4.69) is 10.2 Å². The standard InChI is InChI=1S/C23H27FN4O3/c1-14(2)22-20(10-25-26-23(22)30)28-11-17-8-19(24)21(9-18(17)12-28)31-13-16-4-6-27(7-5-16)15(3)29/h8-10,16H,4-7,11-13H2,1-3H3. The third-order valence-electron chi connectivity index (χ3n) is 6.15. The molecule has 0 aliphatic carbocycles. The number of amides is 2. The van der Waals surface area contributed by atoms with Gasteiger partial charge in [-0.1, -0.05) is 5.57 Å². The van der Waals surface area contributed by atoms with E-state index in [1.54, 1.807) is 19.2 Å². The van der Waals surface area contributed by atoms with Crippen LogP contribution < -0.4 is 4.74 Å². The molecule has 0 N–H and O–H groups in total. The Morgan fingerprint density at radius 1 is 1.16 bits per heavy atom. The summed E-state index contributed by atoms with van der Waals surface area (Å²) >= 11 is 0. The van der Waals surface area contributed by atoms with E-state index in [-0.39, 0.29) is 23.4 Å². The highest BCUT2D eigenvalue weighted by Gasteiger charge is 2.30. The number of hydrogen-bond donors (Lipinski definition) is 0. The summed E-state index contributed by atoms with van der Waals surface area (Å²) in [6.45, 7) is 8.27. The average molecular weight is 426 g/mol. The second-order valence-corrected chi connectivity index (χ2v) is 8.58. The number of benzene rings is 1. The molecule has 31 heavy (non-hydrogen) atoms. The van der Waals surface area contributed by atoms with Crippen molar-refractivity contribution < 1.29 is 18.7 Å². The van der Waals surface area contributed by atoms with Gasteiger partial charge >= 0.3 is 0 Å². The number of piperidine rings is 1. The molecule has 1 fully saturated rings. The fourth-order valence-electron chi connectivity index (χ4n) is 4.37. The van der Waals surface area contributed by atoms with Gasteiger partial charge in [-0.2, -0.15) is 5.11 Å². The van der Waals surface area contributed by atoms with E-state index in [4.69, 9.17) is 4.74 Å². The van der Waals surface area contributed by atoms with E-state index in [1.807, 2.05) is 23.6 Å². The van der Waals surface area contributed by atoms with Crippen molar-refractivity contribution >= 4 is 11.8 Å². The van der Waals surface area contributed by atoms with E-state index in [0.29, 0.717) is 31.2 Å². The Kier molecular flexibility index (Phi) is 5.89. The molecule has 164 valence electrons. The lowest BCUT2D eigenvalue weighted by Gasteiger charge is -2.31. The van der Waals surface area contributed by atoms with Gasteiger partial charge in [0.15, 0.2) is 11.6 Å². The number of carbonyl (C=O) groups is 2. The zero-order valence-corrected chi connectivity index (χ0v) is 18.2. The van der Waals surface area contributed by atoms with Gasteiger partial charge in [-0.15, -0.1) is 5.11 Å². The number of allylic oxidation sites excluding steroid dienone is 1. The lowest BCUT2D eigenvalue weighted by atomic mass is 9.98. The van der Waals surface area contributed by atoms with Crippen LogP contribution in [0.1, 0.15) is 44.7 Å². The Hall–Kier alpha value is -3.03. The van der Waals surface area contributed by atoms with Crippen LogP contribution in [0.4, 0.5) is 4.39 Å². The van der Waals surface area contributed by atoms with E-state index >= 15 is 0 Å². The van der Waals surface area contributed by atoms with Crippen molar-refractivity contribution in [1.29, 1.82) is 0 Å². The maximum Gasteiger partial charge on any atom is 0.297 e. The molecular formula is C23H27FN4O3. The molecule has 0 aromatic heterocycles. The number of rotatable bonds is 4. The van der Waals surface area contributed by atoms with Gasteiger partial charge < -0.3 is 14.5 Å². The smallest absolute Gasteiger partial charge is 0.297 e. The molecule has 4 rings (SSSR count). The normalized spacial score (nSPS) is 18.9. The van der Waals surface area contributed by atoms with Gasteiger partial charge in [-0.05, 0) is 55.9 Å². The summed E-state index contributed by atoms with van der Waals surface area (Å²) in [7, 11) is 0. The lowest BCUT2D eigenvalue weighted by Crippen LogP contribution is -2.38. The van der Waals surface area contributed by atoms with Crippen LogP contribution in [-0.2, 0) is 22.7 Å². The number of hydrogen-bond acceptors (Lipinski definition) is 5. The molecule has 0 unspecified atom stereocenters. The number of carbonyl (C=O) groups excluding carboxylic acids is 2. The second-order valence-electron chi connectivity index (χ2n) is 8.58. The molecule has 1 saturated heterocycles. The van der Waals surface area contributed by atoms with E-state index in [0.717, 1.165) is 48.3 Å². The Labute approximate surface area is 181 Å². The van der Waals surface area contributed by atoms with Gasteiger partial charge in [0.05, 0.1) is 24.1 Å². The molecular weight excluding hydrogens is 399 g/mol. The van der Waals surface area contributed by atoms with Crippen LogP contribution in [0.3, 0.4) is 0 Å². The molecule has 0 radical (unpaired) electrons. The van der Waals surface area contributed by atoms with Crippen LogP contribution in [0.2, 0.25) is 0 Å². The van der Waals surface area contributed by atoms with Gasteiger partial charge in [0, 0.05) is 33.1 Å². The van der Waals surface area contributed by atoms with Crippen LogP contribution in [-0.4, -0.2) is 41.3 Å². The summed E-state index contributed by atoms with van der Waals surface area (Å²) in [5, 5.41) is 7.46. The van der Waals surface area contributed by atoms with Crippen molar-refractivity contribution in [2.75, 3.05) is 19.7 Å². The quantitative estimate of drug-likeness (QED) is 0.684. The molecule has 7 nitrogen and oxygen atoms in total. The molecule has 3 aliphatic heterocycles. The third kappa shape index (κ3) is 4.38. The van der Waals surface area contributed by atoms with Gasteiger partial charge in [-0.3, -0.25) is 9.59 Å². The van der Waals surface area contributed by atoms with Crippen molar-refractivity contribution in [3.05, 3.63) is 52.1 Å². The maximum atomic E-state index is 14.7. The van der Waals surface area contributed by atoms with Gasteiger partial charge in [-0.25, -0.2) is 4.39 Å². The highest BCUT2D eigenvalue weighted by atomic mass is 19.1. The Morgan fingerprint density at radius 2 is 1.84 bits per heavy atom. The minimum Gasteiger partial charge on any atom is -0.490 e. The van der Waals surface area contributed by atoms with Crippen LogP contribution in [0.5, 0.6) is 5.75 Å². The third-order valence-corrected chi connectivity index (χ3v) is 6.15. The van der Waals surface area contributed by atoms with Gasteiger partial charge in [0.1, 0.15) is 0 Å². The van der Waals surface area contributed by atoms with Crippen LogP contribution >= 0.6 is 0 Å². The maximum absolute atomic E-state index is 14.7. The van der Waals surface area contributed by atoms with Gasteiger partial charge in [0.25, 0.3) is 5.91 Å². The molecule has 0 saturated carbocycles. The molecule has 0 spiro atoms. The minimum atomic E-state index is -0.377. The van der Waals surface area contributed by atoms with E-state index in [9.17, 15) is 14.0 Å². The molecule has 3 heterocycles. The first-order valence-corrected chi connectivity index (χ1v) is 10.6. The molecule has 0 atom stereocenters. The fourth-order valence-corrected chi connectivity index (χ4v) is 4.37. The first-order chi connectivity index (χ1) is 14.8. The zero-order chi connectivity index (χ0) is 22.1. The summed E-state index contributed by atoms with van der Waals surface area (Å²) in [4.78, 5) is 27.5. The first kappa shape index (κ1) is 21.2. The monoisotopic (exact) mass is 426 g/mol. The van der Waals surface area contributed by atoms with E-state index in [1.165, 1.54) is 6.07 Å². The van der Waals surface area contributed by atoms with Crippen molar-refractivity contribution in [3.8, 4) is 5.75 Å². The van der Waals surface area contributed by atoms with Crippen LogP contribution in [0, 0.1) is 11.7 Å². The molecule has 1 aromatic rings. The number of azo groups is 1. The van der Waals surface area contributed by atoms with Crippen LogP contribution in [0.25, 0.3) is 0 Å². The predicted octanol–water partition coefficient (Wildman–Crippen LogP) is 3.95. The largest absolute Gasteiger partial charge is 0.490 e. The van der Waals surface area contributed by atoms with Crippen LogP contribution in [0.15, 0.2) is 45.4 Å². The SMILES string of the molecule is CC(=O)N1CCC(COc2cc3c(cc2F)CN(C2=CN=NC(=O)C2=C(C)C)C3)CC1. The molecule has 8 heteroatoms. The number of fused-ring (bicyclic) bond motifs is 1. The highest BCUT2D eigenvalue weighted by Crippen LogP contribution is 2.35. The lowest BCUT2D eigenvalue weighted by molar-refractivity contribution is -0.130. The number of ether oxygens (including phenoxy) is 1. The number of halogens is 1. The minimum absolute atomic E-state index is 0.0983. The summed E-state index contributed by atoms with van der Waals surface area (Å²) in [5.74, 6) is -0.0626. The zero-order valence-electron chi connectivity index (χ0n) is 18.2. The predicted molar refractivity (Wildman–Crippen MR) is 112 cm³/mol. The summed E-state index contributed by atoms with van der Waals surface area (Å²) in [6, 6.07) is 3.29. The van der Waals surface area contributed by atoms with Crippen molar-refractivity contribution in [1.82, 2.24) is 9.80 Å². The average Bonchev–Trinajstić information content (AvgIpc) is 3.14. The van der Waals surface area contributed by atoms with Crippen molar-refractivity contribution in [3.63, 3.8) is 0 Å². The fraction of sp³-hybridized carbons (Fsp3) is 0.478. The number of likely N-dealkylation sites (tertiary alicyclic amines) is 1. The Morgan fingerprint density at radius 3 is 2.48 bits per heavy atom. The molecule has 2 amide bonds. The topological polar surface area (TPSA) is 74.6 Å². The Balaban J connectivity index is 1.43. The van der Waals surface area contributed by atoms with Gasteiger partial charge in [0.2, 0.25) is 5.91 Å². The molecule has 1 aromatic carbocycles. The molecule has 3 aliphatic rings. The summed E-state index contributed by atoms with van der Waals surface area (Å²) in [6.07, 6.45) is 3.32. The second kappa shape index (κ2) is 8.61. The summed E-state index contributed by atoms with van der Waals surface area (Å²) < 4.78 is 20.5. The number of nitrogens with zero attached hydrogens (tertiary/aromatic N) is 4. The van der Waals surface area contributed by atoms with E-state index < -0.39 is 0 Å². The van der Waals surface area contributed by atoms with Crippen molar-refractivity contribution in [2.24, 2.45) is 16.1 Å². The highest BCUT2D eigenvalue weighted by molar-refractivity contribution is 5.99. The first-order valence-electron chi connectivity index (χ1n) is 10.6. The van der Waals surface area contributed by atoms with Crippen molar-refractivity contribution in [2.45, 2.75) is 46.7 Å².